The van der Waals surface area contributed by atoms with Crippen molar-refractivity contribution < 1.29 is 57.5 Å². The van der Waals surface area contributed by atoms with E-state index in [9.17, 15) is 29.4 Å². The molecule has 46 heavy (non-hydrogen) atoms. The maximum absolute atomic E-state index is 14.9. The van der Waals surface area contributed by atoms with E-state index in [1.807, 2.05) is 19.9 Å². The zero-order valence-corrected chi connectivity index (χ0v) is 27.3. The normalized spacial score (nSPS) is 50.0. The fraction of sp³-hybridized carbons (Fsp3) is 0.765. The summed E-state index contributed by atoms with van der Waals surface area (Å²) in [6.45, 7) is 11.3. The van der Waals surface area contributed by atoms with Crippen molar-refractivity contribution in [2.45, 2.75) is 116 Å². The quantitative estimate of drug-likeness (QED) is 0.356. The van der Waals surface area contributed by atoms with Gasteiger partial charge in [-0.25, -0.2) is 0 Å². The largest absolute Gasteiger partial charge is 0.472 e. The number of esters is 3. The number of hydrogen-bond acceptors (Lipinski definition) is 12. The van der Waals surface area contributed by atoms with Gasteiger partial charge in [0.15, 0.2) is 12.2 Å². The van der Waals surface area contributed by atoms with Crippen LogP contribution in [0, 0.1) is 39.4 Å². The van der Waals surface area contributed by atoms with E-state index < -0.39 is 99.7 Å². The highest BCUT2D eigenvalue weighted by Crippen LogP contribution is 2.82. The monoisotopic (exact) mass is 644 g/mol. The smallest absolute Gasteiger partial charge is 0.310 e. The summed E-state index contributed by atoms with van der Waals surface area (Å²) in [6.07, 6.45) is -2.93. The zero-order chi connectivity index (χ0) is 33.4. The lowest BCUT2D eigenvalue weighted by molar-refractivity contribution is -0.458. The van der Waals surface area contributed by atoms with Crippen LogP contribution >= 0.6 is 0 Å². The van der Waals surface area contributed by atoms with E-state index in [0.29, 0.717) is 12.8 Å². The molecule has 0 unspecified atom stereocenters. The van der Waals surface area contributed by atoms with E-state index in [1.54, 1.807) is 33.3 Å². The van der Waals surface area contributed by atoms with E-state index in [0.717, 1.165) is 5.56 Å². The van der Waals surface area contributed by atoms with Crippen molar-refractivity contribution in [2.24, 2.45) is 39.4 Å². The second-order valence-electron chi connectivity index (χ2n) is 15.5. The summed E-state index contributed by atoms with van der Waals surface area (Å²) in [5.41, 5.74) is -4.72. The number of hydrogen-bond donors (Lipinski definition) is 2. The minimum atomic E-state index is -1.50. The van der Waals surface area contributed by atoms with Crippen molar-refractivity contribution in [1.29, 1.82) is 0 Å². The molecule has 6 aliphatic rings. The highest BCUT2D eigenvalue weighted by Gasteiger charge is 2.90. The minimum absolute atomic E-state index is 0.0577. The summed E-state index contributed by atoms with van der Waals surface area (Å²) >= 11 is 0. The van der Waals surface area contributed by atoms with Crippen LogP contribution in [0.25, 0.3) is 0 Å². The van der Waals surface area contributed by atoms with Crippen LogP contribution < -0.4 is 0 Å². The van der Waals surface area contributed by atoms with Gasteiger partial charge in [-0.2, -0.15) is 0 Å². The van der Waals surface area contributed by atoms with Crippen LogP contribution in [0.2, 0.25) is 0 Å². The molecule has 4 aliphatic carbocycles. The molecule has 7 rings (SSSR count). The van der Waals surface area contributed by atoms with Crippen LogP contribution in [0.1, 0.15) is 79.2 Å². The molecule has 12 nitrogen and oxygen atoms in total. The number of carbonyl (C=O) groups is 4. The van der Waals surface area contributed by atoms with Crippen molar-refractivity contribution in [3.8, 4) is 0 Å². The molecule has 12 heteroatoms. The Morgan fingerprint density at radius 3 is 2.33 bits per heavy atom. The van der Waals surface area contributed by atoms with E-state index in [2.05, 4.69) is 0 Å². The first kappa shape index (κ1) is 31.8. The summed E-state index contributed by atoms with van der Waals surface area (Å²) in [4.78, 5) is 53.0. The average molecular weight is 645 g/mol. The van der Waals surface area contributed by atoms with Gasteiger partial charge in [0.05, 0.1) is 42.7 Å². The lowest BCUT2D eigenvalue weighted by Gasteiger charge is -2.81. The predicted molar refractivity (Wildman–Crippen MR) is 155 cm³/mol. The molecule has 4 saturated carbocycles. The molecule has 0 radical (unpaired) electrons. The van der Waals surface area contributed by atoms with Gasteiger partial charge in [0.1, 0.15) is 17.5 Å². The summed E-state index contributed by atoms with van der Waals surface area (Å²) in [5.74, 6) is -4.31. The fourth-order valence-electron chi connectivity index (χ4n) is 11.6. The highest BCUT2D eigenvalue weighted by atomic mass is 16.7. The number of ether oxygens (including phenoxy) is 5. The number of aliphatic hydroxyl groups excluding tert-OH is 2. The molecule has 6 fully saturated rings. The van der Waals surface area contributed by atoms with Crippen LogP contribution in [0.5, 0.6) is 0 Å². The van der Waals surface area contributed by atoms with Crippen LogP contribution in [0.15, 0.2) is 23.0 Å². The summed E-state index contributed by atoms with van der Waals surface area (Å²) in [6, 6.07) is 1.86. The van der Waals surface area contributed by atoms with Gasteiger partial charge in [-0.15, -0.1) is 0 Å². The van der Waals surface area contributed by atoms with Gasteiger partial charge in [-0.05, 0) is 43.2 Å². The molecule has 0 amide bonds. The number of carbonyl (C=O) groups excluding carboxylic acids is 4. The Bertz CT molecular complexity index is 1470. The minimum Gasteiger partial charge on any atom is -0.472 e. The lowest BCUT2D eigenvalue weighted by Crippen LogP contribution is -2.90. The first-order valence-electron chi connectivity index (χ1n) is 16.3. The van der Waals surface area contributed by atoms with E-state index in [1.165, 1.54) is 13.8 Å². The molecule has 1 aromatic rings. The lowest BCUT2D eigenvalue weighted by atomic mass is 9.30. The van der Waals surface area contributed by atoms with Gasteiger partial charge in [0.2, 0.25) is 6.29 Å². The molecular formula is C34H44O12. The summed E-state index contributed by atoms with van der Waals surface area (Å²) < 4.78 is 36.3. The van der Waals surface area contributed by atoms with Crippen LogP contribution in [0.4, 0.5) is 0 Å². The molecule has 252 valence electrons. The van der Waals surface area contributed by atoms with Gasteiger partial charge in [0, 0.05) is 42.4 Å². The van der Waals surface area contributed by atoms with Crippen LogP contribution in [0.3, 0.4) is 0 Å². The number of rotatable bonds is 5. The topological polar surface area (TPSA) is 168 Å². The molecule has 14 atom stereocenters. The Morgan fingerprint density at radius 2 is 1.72 bits per heavy atom. The Kier molecular flexibility index (Phi) is 6.82. The molecular weight excluding hydrogens is 600 g/mol. The number of ketones is 1. The van der Waals surface area contributed by atoms with Crippen molar-refractivity contribution >= 4 is 23.7 Å². The van der Waals surface area contributed by atoms with Gasteiger partial charge >= 0.3 is 17.9 Å². The summed E-state index contributed by atoms with van der Waals surface area (Å²) in [7, 11) is 0. The predicted octanol–water partition coefficient (Wildman–Crippen LogP) is 2.67. The number of Topliss-reactive ketones (excluding diaryl/α,β-unsaturated/α-hetero) is 1. The second-order valence-corrected chi connectivity index (χ2v) is 15.5. The van der Waals surface area contributed by atoms with Crippen molar-refractivity contribution in [1.82, 2.24) is 0 Å². The molecule has 2 bridgehead atoms. The third-order valence-electron chi connectivity index (χ3n) is 13.2. The third kappa shape index (κ3) is 3.49. The number of furan rings is 1. The van der Waals surface area contributed by atoms with Gasteiger partial charge in [-0.1, -0.05) is 27.7 Å². The van der Waals surface area contributed by atoms with Gasteiger partial charge < -0.3 is 38.3 Å². The maximum atomic E-state index is 14.9. The van der Waals surface area contributed by atoms with Gasteiger partial charge in [0.25, 0.3) is 0 Å². The molecule has 1 spiro atoms. The zero-order valence-electron chi connectivity index (χ0n) is 27.3. The van der Waals surface area contributed by atoms with Crippen molar-refractivity contribution in [3.63, 3.8) is 0 Å². The molecule has 2 N–H and O–H groups in total. The Morgan fingerprint density at radius 1 is 1.02 bits per heavy atom. The Labute approximate surface area is 267 Å². The molecule has 3 heterocycles. The van der Waals surface area contributed by atoms with E-state index in [-0.39, 0.29) is 24.7 Å². The maximum Gasteiger partial charge on any atom is 0.310 e. The highest BCUT2D eigenvalue weighted by molar-refractivity contribution is 5.87. The third-order valence-corrected chi connectivity index (χ3v) is 13.2. The first-order valence-corrected chi connectivity index (χ1v) is 16.3. The molecule has 1 aromatic heterocycles. The van der Waals surface area contributed by atoms with Crippen molar-refractivity contribution in [2.75, 3.05) is 6.61 Å². The summed E-state index contributed by atoms with van der Waals surface area (Å²) in [5, 5.41) is 24.4. The Hall–Kier alpha value is -2.80. The first-order chi connectivity index (χ1) is 21.5. The molecule has 0 aromatic carbocycles. The number of aliphatic hydroxyl groups is 2. The molecule has 2 saturated heterocycles. The van der Waals surface area contributed by atoms with Crippen LogP contribution in [-0.4, -0.2) is 82.9 Å². The molecule has 2 aliphatic heterocycles. The van der Waals surface area contributed by atoms with E-state index in [4.69, 9.17) is 28.1 Å². The van der Waals surface area contributed by atoms with Crippen molar-refractivity contribution in [3.05, 3.63) is 24.2 Å². The SMILES string of the molecule is CC(=O)O[C@H]1[C@@H](OC(C)=O)[C@]2(C)[C@H](OC(=O)C(C)C)OC[C@]3([C@H]4C(=O)C[C@@]5(C)[C@H](c6ccoc6)C[C@@H](O)[C@]56O[C@H](C[C@@H]23)[C@]46C)[C@H]1O. The Balaban J connectivity index is 1.41. The van der Waals surface area contributed by atoms with Gasteiger partial charge in [-0.3, -0.25) is 19.2 Å². The van der Waals surface area contributed by atoms with Crippen LogP contribution in [-0.2, 0) is 42.9 Å². The average Bonchev–Trinajstić information content (AvgIpc) is 3.57. The van der Waals surface area contributed by atoms with E-state index >= 15 is 0 Å². The standard InChI is InChI=1S/C34H44O12/c1-15(2)28(40)45-29-31(6)21-11-23-32(7)25(33(21,14-42-29)26(39)24(43-16(3)35)27(31)44-17(4)36)20(37)12-30(5)19(18-8-9-41-13-18)10-22(38)34(30,32)46-23/h8-9,13,15,19,21-27,29,38-39H,10-12,14H2,1-7H3/t19-,21-,22+,23+,24+,25-,26-,27+,29-,30-,31+,32+,33-,34-/m0/s1. The second kappa shape index (κ2) is 9.87. The fourth-order valence-corrected chi connectivity index (χ4v) is 11.6.